The zero-order valence-electron chi connectivity index (χ0n) is 11.7. The lowest BCUT2D eigenvalue weighted by atomic mass is 10.0. The van der Waals surface area contributed by atoms with Gasteiger partial charge in [-0.2, -0.15) is 0 Å². The molecule has 1 unspecified atom stereocenters. The summed E-state index contributed by atoms with van der Waals surface area (Å²) in [6.07, 6.45) is 3.84. The van der Waals surface area contributed by atoms with E-state index in [4.69, 9.17) is 11.6 Å². The van der Waals surface area contributed by atoms with Crippen LogP contribution in [0.2, 0.25) is 5.02 Å². The molecular formula is C15H20ClN3. The maximum absolute atomic E-state index is 6.46. The average molecular weight is 278 g/mol. The number of imidazole rings is 1. The molecule has 1 aromatic heterocycles. The van der Waals surface area contributed by atoms with Gasteiger partial charge in [0.05, 0.1) is 6.04 Å². The Morgan fingerprint density at radius 1 is 1.37 bits per heavy atom. The fourth-order valence-electron chi connectivity index (χ4n) is 2.29. The number of benzene rings is 1. The van der Waals surface area contributed by atoms with Crippen molar-refractivity contribution in [1.82, 2.24) is 14.9 Å². The monoisotopic (exact) mass is 277 g/mol. The number of hydrogen-bond donors (Lipinski definition) is 1. The summed E-state index contributed by atoms with van der Waals surface area (Å²) < 4.78 is 2.14. The Balaban J connectivity index is 2.48. The molecule has 0 amide bonds. The van der Waals surface area contributed by atoms with Gasteiger partial charge in [0.15, 0.2) is 0 Å². The van der Waals surface area contributed by atoms with E-state index in [0.29, 0.717) is 0 Å². The van der Waals surface area contributed by atoms with E-state index >= 15 is 0 Å². The minimum absolute atomic E-state index is 0.0346. The first-order valence-corrected chi connectivity index (χ1v) is 7.06. The molecule has 0 aliphatic heterocycles. The number of rotatable bonds is 5. The molecule has 1 heterocycles. The molecule has 0 saturated carbocycles. The molecule has 0 spiro atoms. The maximum Gasteiger partial charge on any atom is 0.130 e. The Labute approximate surface area is 119 Å². The molecule has 0 bridgehead atoms. The SMILES string of the molecule is CCNC(c1cccc(C)c1Cl)c1nccn1CC. The molecule has 1 atom stereocenters. The molecular weight excluding hydrogens is 258 g/mol. The predicted octanol–water partition coefficient (Wildman–Crippen LogP) is 3.56. The van der Waals surface area contributed by atoms with E-state index in [-0.39, 0.29) is 6.04 Å². The second-order valence-electron chi connectivity index (χ2n) is 4.54. The van der Waals surface area contributed by atoms with Crippen molar-refractivity contribution in [1.29, 1.82) is 0 Å². The molecule has 4 heteroatoms. The molecule has 1 aromatic carbocycles. The van der Waals surface area contributed by atoms with Crippen molar-refractivity contribution in [2.45, 2.75) is 33.4 Å². The van der Waals surface area contributed by atoms with Crippen LogP contribution in [0.1, 0.15) is 36.8 Å². The Morgan fingerprint density at radius 3 is 2.84 bits per heavy atom. The number of halogens is 1. The van der Waals surface area contributed by atoms with Gasteiger partial charge >= 0.3 is 0 Å². The van der Waals surface area contributed by atoms with Crippen molar-refractivity contribution >= 4 is 11.6 Å². The van der Waals surface area contributed by atoms with Crippen molar-refractivity contribution in [3.63, 3.8) is 0 Å². The third kappa shape index (κ3) is 2.82. The van der Waals surface area contributed by atoms with Crippen molar-refractivity contribution in [2.75, 3.05) is 6.54 Å². The van der Waals surface area contributed by atoms with Crippen LogP contribution < -0.4 is 5.32 Å². The zero-order valence-corrected chi connectivity index (χ0v) is 12.4. The Hall–Kier alpha value is -1.32. The molecule has 3 nitrogen and oxygen atoms in total. The fraction of sp³-hybridized carbons (Fsp3) is 0.400. The average Bonchev–Trinajstić information content (AvgIpc) is 2.88. The molecule has 0 saturated heterocycles. The molecule has 1 N–H and O–H groups in total. The third-order valence-electron chi connectivity index (χ3n) is 3.29. The number of aryl methyl sites for hydroxylation is 2. The molecule has 102 valence electrons. The molecule has 2 rings (SSSR count). The third-order valence-corrected chi connectivity index (χ3v) is 3.80. The van der Waals surface area contributed by atoms with Crippen molar-refractivity contribution in [2.24, 2.45) is 0 Å². The maximum atomic E-state index is 6.46. The molecule has 0 fully saturated rings. The highest BCUT2D eigenvalue weighted by atomic mass is 35.5. The van der Waals surface area contributed by atoms with E-state index < -0.39 is 0 Å². The largest absolute Gasteiger partial charge is 0.334 e. The van der Waals surface area contributed by atoms with Crippen molar-refractivity contribution in [3.8, 4) is 0 Å². The lowest BCUT2D eigenvalue weighted by molar-refractivity contribution is 0.559. The quantitative estimate of drug-likeness (QED) is 0.906. The van der Waals surface area contributed by atoms with Gasteiger partial charge in [-0.15, -0.1) is 0 Å². The lowest BCUT2D eigenvalue weighted by Gasteiger charge is -2.21. The minimum atomic E-state index is 0.0346. The van der Waals surface area contributed by atoms with Gasteiger partial charge in [0, 0.05) is 24.0 Å². The summed E-state index contributed by atoms with van der Waals surface area (Å²) in [4.78, 5) is 4.49. The Morgan fingerprint density at radius 2 is 2.16 bits per heavy atom. The zero-order chi connectivity index (χ0) is 13.8. The van der Waals surface area contributed by atoms with Gasteiger partial charge in [-0.25, -0.2) is 4.98 Å². The van der Waals surface area contributed by atoms with Crippen LogP contribution in [0.5, 0.6) is 0 Å². The summed E-state index contributed by atoms with van der Waals surface area (Å²) >= 11 is 6.46. The van der Waals surface area contributed by atoms with Crippen LogP contribution >= 0.6 is 11.6 Å². The summed E-state index contributed by atoms with van der Waals surface area (Å²) in [6.45, 7) is 8.01. The number of nitrogens with zero attached hydrogens (tertiary/aromatic N) is 2. The highest BCUT2D eigenvalue weighted by Gasteiger charge is 2.20. The first-order chi connectivity index (χ1) is 9.19. The molecule has 2 aromatic rings. The van der Waals surface area contributed by atoms with Crippen LogP contribution in [0.4, 0.5) is 0 Å². The van der Waals surface area contributed by atoms with Gasteiger partial charge in [0.1, 0.15) is 5.82 Å². The van der Waals surface area contributed by atoms with E-state index in [1.54, 1.807) is 0 Å². The smallest absolute Gasteiger partial charge is 0.130 e. The van der Waals surface area contributed by atoms with Crippen LogP contribution in [0.15, 0.2) is 30.6 Å². The van der Waals surface area contributed by atoms with Gasteiger partial charge in [-0.3, -0.25) is 0 Å². The van der Waals surface area contributed by atoms with E-state index in [1.165, 1.54) is 0 Å². The van der Waals surface area contributed by atoms with Crippen LogP contribution in [0, 0.1) is 6.92 Å². The van der Waals surface area contributed by atoms with Gasteiger partial charge in [0.2, 0.25) is 0 Å². The predicted molar refractivity (Wildman–Crippen MR) is 79.6 cm³/mol. The van der Waals surface area contributed by atoms with Crippen LogP contribution in [-0.2, 0) is 6.54 Å². The standard InChI is InChI=1S/C15H20ClN3/c1-4-17-14(15-18-9-10-19(15)5-2)12-8-6-7-11(3)13(12)16/h6-10,14,17H,4-5H2,1-3H3. The molecule has 19 heavy (non-hydrogen) atoms. The first kappa shape index (κ1) is 14.1. The highest BCUT2D eigenvalue weighted by molar-refractivity contribution is 6.32. The van der Waals surface area contributed by atoms with Crippen LogP contribution in [0.25, 0.3) is 0 Å². The van der Waals surface area contributed by atoms with Gasteiger partial charge in [-0.05, 0) is 31.5 Å². The number of aromatic nitrogens is 2. The van der Waals surface area contributed by atoms with E-state index in [9.17, 15) is 0 Å². The summed E-state index contributed by atoms with van der Waals surface area (Å²) in [5.74, 6) is 1.01. The topological polar surface area (TPSA) is 29.9 Å². The number of hydrogen-bond acceptors (Lipinski definition) is 2. The first-order valence-electron chi connectivity index (χ1n) is 6.68. The summed E-state index contributed by atoms with van der Waals surface area (Å²) in [7, 11) is 0. The highest BCUT2D eigenvalue weighted by Crippen LogP contribution is 2.29. The van der Waals surface area contributed by atoms with E-state index in [2.05, 4.69) is 34.8 Å². The molecule has 0 aliphatic carbocycles. The van der Waals surface area contributed by atoms with Crippen LogP contribution in [-0.4, -0.2) is 16.1 Å². The fourth-order valence-corrected chi connectivity index (χ4v) is 2.52. The Kier molecular flexibility index (Phi) is 4.61. The molecule has 0 aliphatic rings. The summed E-state index contributed by atoms with van der Waals surface area (Å²) in [5, 5.41) is 4.29. The lowest BCUT2D eigenvalue weighted by Crippen LogP contribution is -2.25. The molecule has 0 radical (unpaired) electrons. The summed E-state index contributed by atoms with van der Waals surface area (Å²) in [6, 6.07) is 6.17. The second kappa shape index (κ2) is 6.22. The van der Waals surface area contributed by atoms with E-state index in [0.717, 1.165) is 35.1 Å². The van der Waals surface area contributed by atoms with Gasteiger partial charge in [0.25, 0.3) is 0 Å². The number of nitrogens with one attached hydrogen (secondary N) is 1. The normalized spacial score (nSPS) is 12.6. The Bertz CT molecular complexity index is 548. The van der Waals surface area contributed by atoms with E-state index in [1.807, 2.05) is 31.5 Å². The van der Waals surface area contributed by atoms with Crippen molar-refractivity contribution < 1.29 is 0 Å². The van der Waals surface area contributed by atoms with Crippen molar-refractivity contribution in [3.05, 3.63) is 52.6 Å². The second-order valence-corrected chi connectivity index (χ2v) is 4.92. The summed E-state index contributed by atoms with van der Waals surface area (Å²) in [5.41, 5.74) is 2.18. The van der Waals surface area contributed by atoms with Crippen LogP contribution in [0.3, 0.4) is 0 Å². The van der Waals surface area contributed by atoms with Gasteiger partial charge in [-0.1, -0.05) is 36.7 Å². The minimum Gasteiger partial charge on any atom is -0.334 e. The van der Waals surface area contributed by atoms with Gasteiger partial charge < -0.3 is 9.88 Å².